The Morgan fingerprint density at radius 2 is 1.87 bits per heavy atom. The molecule has 30 heavy (non-hydrogen) atoms. The second kappa shape index (κ2) is 10.0. The standard InChI is InChI=1S/C18H17ClN5O5P/c1-28-24-17(25)11-6-8-12(9-7-11)21-18-20-10-13(19)16(23-18)22-14-4-2-3-5-15(14)29-30(26)27/h2-10,30H,1H3,(H,24,25)(H,26,27)(H2,20,21,22,23). The van der Waals surface area contributed by atoms with Crippen LogP contribution in [0.2, 0.25) is 5.02 Å². The Balaban J connectivity index is 1.78. The van der Waals surface area contributed by atoms with E-state index in [1.165, 1.54) is 19.4 Å². The van der Waals surface area contributed by atoms with Crippen LogP contribution < -0.4 is 20.6 Å². The molecular weight excluding hydrogens is 433 g/mol. The Kier molecular flexibility index (Phi) is 7.21. The highest BCUT2D eigenvalue weighted by Crippen LogP contribution is 2.34. The number of nitrogens with one attached hydrogen (secondary N) is 3. The van der Waals surface area contributed by atoms with Gasteiger partial charge in [0.1, 0.15) is 5.02 Å². The van der Waals surface area contributed by atoms with Crippen molar-refractivity contribution in [1.82, 2.24) is 15.4 Å². The summed E-state index contributed by atoms with van der Waals surface area (Å²) < 4.78 is 16.0. The summed E-state index contributed by atoms with van der Waals surface area (Å²) in [5.74, 6) is 0.312. The molecule has 0 aliphatic rings. The molecule has 2 aromatic carbocycles. The molecule has 0 aliphatic heterocycles. The maximum absolute atomic E-state index is 11.7. The summed E-state index contributed by atoms with van der Waals surface area (Å²) in [6.45, 7) is 0. The summed E-state index contributed by atoms with van der Waals surface area (Å²) in [6, 6.07) is 13.1. The molecule has 0 spiro atoms. The van der Waals surface area contributed by atoms with Crippen molar-refractivity contribution < 1.29 is 23.6 Å². The molecule has 1 atom stereocenters. The highest BCUT2D eigenvalue weighted by atomic mass is 35.5. The Hall–Kier alpha value is -3.17. The van der Waals surface area contributed by atoms with Gasteiger partial charge in [0.15, 0.2) is 11.6 Å². The summed E-state index contributed by atoms with van der Waals surface area (Å²) in [7, 11) is -1.82. The fourth-order valence-corrected chi connectivity index (χ4v) is 2.89. The molecule has 10 nitrogen and oxygen atoms in total. The molecule has 1 unspecified atom stereocenters. The van der Waals surface area contributed by atoms with Crippen LogP contribution in [0.25, 0.3) is 0 Å². The lowest BCUT2D eigenvalue weighted by atomic mass is 10.2. The molecule has 0 radical (unpaired) electrons. The Morgan fingerprint density at radius 1 is 1.13 bits per heavy atom. The predicted molar refractivity (Wildman–Crippen MR) is 113 cm³/mol. The van der Waals surface area contributed by atoms with E-state index in [0.29, 0.717) is 16.9 Å². The molecule has 0 aliphatic carbocycles. The third-order valence-electron chi connectivity index (χ3n) is 3.68. The first-order valence-corrected chi connectivity index (χ1v) is 10.1. The minimum atomic E-state index is -3.18. The number of anilines is 4. The number of carbonyl (C=O) groups is 1. The van der Waals surface area contributed by atoms with Crippen LogP contribution in [0.5, 0.6) is 5.75 Å². The van der Waals surface area contributed by atoms with Crippen LogP contribution in [0.4, 0.5) is 23.1 Å². The van der Waals surface area contributed by atoms with Gasteiger partial charge in [0, 0.05) is 11.3 Å². The van der Waals surface area contributed by atoms with Crippen LogP contribution in [0.1, 0.15) is 10.4 Å². The van der Waals surface area contributed by atoms with E-state index in [2.05, 4.69) is 30.9 Å². The molecular formula is C18H17ClN5O5P. The molecule has 4 N–H and O–H groups in total. The number of carbonyl (C=O) groups excluding carboxylic acids is 1. The van der Waals surface area contributed by atoms with Gasteiger partial charge in [-0.1, -0.05) is 23.7 Å². The second-order valence-corrected chi connectivity index (χ2v) is 6.86. The van der Waals surface area contributed by atoms with Crippen LogP contribution in [-0.4, -0.2) is 27.9 Å². The van der Waals surface area contributed by atoms with E-state index in [-0.39, 0.29) is 28.4 Å². The molecule has 3 rings (SSSR count). The summed E-state index contributed by atoms with van der Waals surface area (Å²) in [4.78, 5) is 33.8. The maximum Gasteiger partial charge on any atom is 0.365 e. The zero-order valence-electron chi connectivity index (χ0n) is 15.5. The van der Waals surface area contributed by atoms with E-state index in [1.807, 2.05) is 0 Å². The van der Waals surface area contributed by atoms with E-state index in [1.54, 1.807) is 42.5 Å². The third kappa shape index (κ3) is 5.68. The average Bonchev–Trinajstić information content (AvgIpc) is 2.72. The van der Waals surface area contributed by atoms with Crippen molar-refractivity contribution in [2.45, 2.75) is 0 Å². The number of hydrogen-bond donors (Lipinski definition) is 4. The largest absolute Gasteiger partial charge is 0.424 e. The topological polar surface area (TPSA) is 135 Å². The maximum atomic E-state index is 11.7. The lowest BCUT2D eigenvalue weighted by molar-refractivity contribution is 0.0537. The molecule has 1 heterocycles. The van der Waals surface area contributed by atoms with Crippen molar-refractivity contribution >= 4 is 48.9 Å². The van der Waals surface area contributed by atoms with E-state index < -0.39 is 8.25 Å². The minimum Gasteiger partial charge on any atom is -0.424 e. The highest BCUT2D eigenvalue weighted by molar-refractivity contribution is 7.32. The van der Waals surface area contributed by atoms with Crippen molar-refractivity contribution in [3.8, 4) is 5.75 Å². The van der Waals surface area contributed by atoms with Gasteiger partial charge in [-0.15, -0.1) is 0 Å². The number of amides is 1. The number of benzene rings is 2. The number of aromatic nitrogens is 2. The van der Waals surface area contributed by atoms with Crippen LogP contribution >= 0.6 is 19.9 Å². The van der Waals surface area contributed by atoms with Crippen molar-refractivity contribution in [1.29, 1.82) is 0 Å². The SMILES string of the molecule is CONC(=O)c1ccc(Nc2ncc(Cl)c(Nc3ccccc3O[PH](=O)O)n2)cc1. The zero-order chi connectivity index (χ0) is 21.5. The van der Waals surface area contributed by atoms with Crippen molar-refractivity contribution in [3.05, 3.63) is 65.3 Å². The Bertz CT molecular complexity index is 1070. The van der Waals surface area contributed by atoms with Gasteiger partial charge in [-0.3, -0.25) is 9.63 Å². The molecule has 0 saturated carbocycles. The van der Waals surface area contributed by atoms with Gasteiger partial charge in [-0.05, 0) is 36.4 Å². The first-order chi connectivity index (χ1) is 14.5. The zero-order valence-corrected chi connectivity index (χ0v) is 17.3. The van der Waals surface area contributed by atoms with E-state index in [4.69, 9.17) is 21.0 Å². The van der Waals surface area contributed by atoms with E-state index in [0.717, 1.165) is 0 Å². The molecule has 1 aromatic heterocycles. The molecule has 3 aromatic rings. The molecule has 1 amide bonds. The van der Waals surface area contributed by atoms with E-state index >= 15 is 0 Å². The smallest absolute Gasteiger partial charge is 0.365 e. The lowest BCUT2D eigenvalue weighted by Gasteiger charge is -2.13. The van der Waals surface area contributed by atoms with Crippen molar-refractivity contribution in [2.24, 2.45) is 0 Å². The average molecular weight is 450 g/mol. The van der Waals surface area contributed by atoms with Gasteiger partial charge >= 0.3 is 8.25 Å². The van der Waals surface area contributed by atoms with Crippen molar-refractivity contribution in [2.75, 3.05) is 17.7 Å². The normalized spacial score (nSPS) is 11.4. The first-order valence-electron chi connectivity index (χ1n) is 8.46. The monoisotopic (exact) mass is 449 g/mol. The number of hydrogen-bond acceptors (Lipinski definition) is 8. The van der Waals surface area contributed by atoms with Gasteiger partial charge in [0.05, 0.1) is 19.0 Å². The molecule has 0 fully saturated rings. The number of halogens is 1. The molecule has 12 heteroatoms. The first kappa shape index (κ1) is 21.5. The van der Waals surface area contributed by atoms with Crippen LogP contribution in [0.15, 0.2) is 54.7 Å². The van der Waals surface area contributed by atoms with Gasteiger partial charge in [0.25, 0.3) is 5.91 Å². The van der Waals surface area contributed by atoms with Gasteiger partial charge in [-0.2, -0.15) is 4.98 Å². The number of nitrogens with zero attached hydrogens (tertiary/aromatic N) is 2. The summed E-state index contributed by atoms with van der Waals surface area (Å²) in [5.41, 5.74) is 3.70. The lowest BCUT2D eigenvalue weighted by Crippen LogP contribution is -2.21. The Morgan fingerprint density at radius 3 is 2.57 bits per heavy atom. The van der Waals surface area contributed by atoms with E-state index in [9.17, 15) is 9.36 Å². The van der Waals surface area contributed by atoms with Crippen LogP contribution in [0, 0.1) is 0 Å². The summed E-state index contributed by atoms with van der Waals surface area (Å²) in [6.07, 6.45) is 1.40. The van der Waals surface area contributed by atoms with Gasteiger partial charge < -0.3 is 20.1 Å². The fourth-order valence-electron chi connectivity index (χ4n) is 2.38. The van der Waals surface area contributed by atoms with Gasteiger partial charge in [-0.25, -0.2) is 15.0 Å². The highest BCUT2D eigenvalue weighted by Gasteiger charge is 2.11. The fraction of sp³-hybridized carbons (Fsp3) is 0.0556. The van der Waals surface area contributed by atoms with Crippen LogP contribution in [0.3, 0.4) is 0 Å². The number of para-hydroxylation sites is 2. The van der Waals surface area contributed by atoms with Gasteiger partial charge in [0.2, 0.25) is 5.95 Å². The summed E-state index contributed by atoms with van der Waals surface area (Å²) >= 11 is 6.18. The summed E-state index contributed by atoms with van der Waals surface area (Å²) in [5, 5.41) is 6.20. The Labute approximate surface area is 177 Å². The van der Waals surface area contributed by atoms with Crippen LogP contribution in [-0.2, 0) is 9.40 Å². The minimum absolute atomic E-state index is 0.179. The van der Waals surface area contributed by atoms with Crippen molar-refractivity contribution in [3.63, 3.8) is 0 Å². The number of hydroxylamine groups is 1. The predicted octanol–water partition coefficient (Wildman–Crippen LogP) is 3.67. The quantitative estimate of drug-likeness (QED) is 0.300. The molecule has 156 valence electrons. The molecule has 0 saturated heterocycles. The second-order valence-electron chi connectivity index (χ2n) is 5.72. The molecule has 0 bridgehead atoms. The number of rotatable bonds is 8. The third-order valence-corrected chi connectivity index (χ3v) is 4.35.